The Bertz CT molecular complexity index is 224. The predicted octanol–water partition coefficient (Wildman–Crippen LogP) is 1.34. The van der Waals surface area contributed by atoms with E-state index in [4.69, 9.17) is 9.84 Å². The van der Waals surface area contributed by atoms with Gasteiger partial charge >= 0.3 is 0 Å². The molecule has 0 radical (unpaired) electrons. The van der Waals surface area contributed by atoms with E-state index in [1.165, 1.54) is 58.5 Å². The summed E-state index contributed by atoms with van der Waals surface area (Å²) < 4.78 is 5.77. The van der Waals surface area contributed by atoms with Crippen molar-refractivity contribution >= 4 is 0 Å². The van der Waals surface area contributed by atoms with Gasteiger partial charge in [-0.1, -0.05) is 6.42 Å². The van der Waals surface area contributed by atoms with E-state index in [9.17, 15) is 0 Å². The molecule has 2 heterocycles. The quantitative estimate of drug-likeness (QED) is 0.708. The van der Waals surface area contributed by atoms with Gasteiger partial charge in [0.15, 0.2) is 0 Å². The van der Waals surface area contributed by atoms with Crippen LogP contribution in [0.3, 0.4) is 0 Å². The van der Waals surface area contributed by atoms with Crippen LogP contribution in [0.1, 0.15) is 38.5 Å². The van der Waals surface area contributed by atoms with E-state index in [0.29, 0.717) is 6.10 Å². The molecule has 0 aromatic rings. The maximum absolute atomic E-state index is 8.74. The smallest absolute Gasteiger partial charge is 0.0599 e. The Morgan fingerprint density at radius 2 is 1.53 bits per heavy atom. The van der Waals surface area contributed by atoms with Crippen LogP contribution in [0.5, 0.6) is 0 Å². The molecule has 0 bridgehead atoms. The number of rotatable bonds is 7. The van der Waals surface area contributed by atoms with Gasteiger partial charge in [0.1, 0.15) is 0 Å². The summed E-state index contributed by atoms with van der Waals surface area (Å²) in [6.07, 6.45) is 7.72. The normalized spacial score (nSPS) is 23.8. The lowest BCUT2D eigenvalue weighted by Gasteiger charge is -2.34. The summed E-state index contributed by atoms with van der Waals surface area (Å²) in [5.74, 6) is 0. The molecule has 2 fully saturated rings. The van der Waals surface area contributed by atoms with Gasteiger partial charge in [0.05, 0.1) is 6.10 Å². The summed E-state index contributed by atoms with van der Waals surface area (Å²) >= 11 is 0. The lowest BCUT2D eigenvalue weighted by molar-refractivity contribution is 0.000621. The molecule has 4 heteroatoms. The molecule has 2 aliphatic heterocycles. The van der Waals surface area contributed by atoms with E-state index in [-0.39, 0.29) is 6.61 Å². The number of likely N-dealkylation sites (tertiary alicyclic amines) is 2. The molecule has 0 aliphatic carbocycles. The molecule has 1 N–H and O–H groups in total. The van der Waals surface area contributed by atoms with Crippen molar-refractivity contribution in [3.8, 4) is 0 Å². The summed E-state index contributed by atoms with van der Waals surface area (Å²) in [5.41, 5.74) is 0. The fraction of sp³-hybridized carbons (Fsp3) is 1.00. The van der Waals surface area contributed by atoms with E-state index in [1.54, 1.807) is 0 Å². The molecule has 0 atom stereocenters. The van der Waals surface area contributed by atoms with E-state index in [1.807, 2.05) is 0 Å². The lowest BCUT2D eigenvalue weighted by Crippen LogP contribution is -2.42. The van der Waals surface area contributed by atoms with Gasteiger partial charge in [0.2, 0.25) is 0 Å². The third-order valence-electron chi connectivity index (χ3n) is 4.37. The number of hydrogen-bond acceptors (Lipinski definition) is 4. The zero-order valence-corrected chi connectivity index (χ0v) is 12.2. The van der Waals surface area contributed by atoms with Gasteiger partial charge in [0, 0.05) is 39.4 Å². The molecule has 0 aromatic carbocycles. The molecule has 2 saturated heterocycles. The zero-order valence-electron chi connectivity index (χ0n) is 12.2. The summed E-state index contributed by atoms with van der Waals surface area (Å²) in [4.78, 5) is 5.20. The SMILES string of the molecule is OCCCOC1CCN(CCN2CCCCC2)CC1. The van der Waals surface area contributed by atoms with Crippen molar-refractivity contribution in [3.05, 3.63) is 0 Å². The van der Waals surface area contributed by atoms with Gasteiger partial charge in [-0.3, -0.25) is 0 Å². The molecule has 19 heavy (non-hydrogen) atoms. The highest BCUT2D eigenvalue weighted by molar-refractivity contribution is 4.74. The highest BCUT2D eigenvalue weighted by Gasteiger charge is 2.20. The topological polar surface area (TPSA) is 35.9 Å². The molecule has 0 amide bonds. The molecule has 0 unspecified atom stereocenters. The van der Waals surface area contributed by atoms with Crippen molar-refractivity contribution in [2.45, 2.75) is 44.6 Å². The van der Waals surface area contributed by atoms with Crippen LogP contribution in [-0.2, 0) is 4.74 Å². The number of ether oxygens (including phenoxy) is 1. The Hall–Kier alpha value is -0.160. The van der Waals surface area contributed by atoms with Gasteiger partial charge in [-0.2, -0.15) is 0 Å². The van der Waals surface area contributed by atoms with E-state index >= 15 is 0 Å². The number of hydrogen-bond donors (Lipinski definition) is 1. The number of aliphatic hydroxyl groups excluding tert-OH is 1. The van der Waals surface area contributed by atoms with E-state index in [0.717, 1.165) is 25.9 Å². The third-order valence-corrected chi connectivity index (χ3v) is 4.37. The molecule has 0 aromatic heterocycles. The summed E-state index contributed by atoms with van der Waals surface area (Å²) in [5, 5.41) is 8.74. The van der Waals surface area contributed by atoms with Crippen LogP contribution < -0.4 is 0 Å². The Morgan fingerprint density at radius 1 is 0.895 bits per heavy atom. The maximum atomic E-state index is 8.74. The average Bonchev–Trinajstić information content (AvgIpc) is 2.48. The second-order valence-corrected chi connectivity index (χ2v) is 5.89. The van der Waals surface area contributed by atoms with Crippen molar-refractivity contribution in [3.63, 3.8) is 0 Å². The first kappa shape index (κ1) is 15.2. The Morgan fingerprint density at radius 3 is 2.16 bits per heavy atom. The highest BCUT2D eigenvalue weighted by Crippen LogP contribution is 2.14. The molecule has 0 spiro atoms. The Kier molecular flexibility index (Phi) is 7.14. The first-order valence-electron chi connectivity index (χ1n) is 8.05. The van der Waals surface area contributed by atoms with Crippen molar-refractivity contribution in [2.24, 2.45) is 0 Å². The molecular formula is C15H30N2O2. The van der Waals surface area contributed by atoms with E-state index in [2.05, 4.69) is 9.80 Å². The summed E-state index contributed by atoms with van der Waals surface area (Å²) in [6.45, 7) is 8.40. The first-order valence-corrected chi connectivity index (χ1v) is 8.05. The molecule has 112 valence electrons. The largest absolute Gasteiger partial charge is 0.396 e. The number of nitrogens with zero attached hydrogens (tertiary/aromatic N) is 2. The van der Waals surface area contributed by atoms with Gasteiger partial charge < -0.3 is 19.6 Å². The molecule has 2 aliphatic rings. The average molecular weight is 270 g/mol. The highest BCUT2D eigenvalue weighted by atomic mass is 16.5. The predicted molar refractivity (Wildman–Crippen MR) is 77.4 cm³/mol. The van der Waals surface area contributed by atoms with Crippen LogP contribution >= 0.6 is 0 Å². The zero-order chi connectivity index (χ0) is 13.3. The van der Waals surface area contributed by atoms with Crippen molar-refractivity contribution in [2.75, 3.05) is 52.5 Å². The van der Waals surface area contributed by atoms with E-state index < -0.39 is 0 Å². The molecular weight excluding hydrogens is 240 g/mol. The Balaban J connectivity index is 1.53. The minimum Gasteiger partial charge on any atom is -0.396 e. The summed E-state index contributed by atoms with van der Waals surface area (Å²) in [7, 11) is 0. The maximum Gasteiger partial charge on any atom is 0.0599 e. The minimum atomic E-state index is 0.245. The van der Waals surface area contributed by atoms with Crippen LogP contribution in [0.25, 0.3) is 0 Å². The van der Waals surface area contributed by atoms with Gasteiger partial charge in [-0.15, -0.1) is 0 Å². The van der Waals surface area contributed by atoms with Crippen LogP contribution in [-0.4, -0.2) is 73.5 Å². The third kappa shape index (κ3) is 5.78. The molecule has 4 nitrogen and oxygen atoms in total. The second kappa shape index (κ2) is 8.90. The van der Waals surface area contributed by atoms with Crippen LogP contribution in [0, 0.1) is 0 Å². The number of aliphatic hydroxyl groups is 1. The summed E-state index contributed by atoms with van der Waals surface area (Å²) in [6, 6.07) is 0. The first-order chi connectivity index (χ1) is 9.38. The lowest BCUT2D eigenvalue weighted by atomic mass is 10.1. The van der Waals surface area contributed by atoms with Crippen molar-refractivity contribution < 1.29 is 9.84 Å². The molecule has 0 saturated carbocycles. The van der Waals surface area contributed by atoms with Gasteiger partial charge in [-0.25, -0.2) is 0 Å². The minimum absolute atomic E-state index is 0.245. The fourth-order valence-electron chi connectivity index (χ4n) is 3.08. The fourth-order valence-corrected chi connectivity index (χ4v) is 3.08. The second-order valence-electron chi connectivity index (χ2n) is 5.89. The van der Waals surface area contributed by atoms with Crippen LogP contribution in [0.2, 0.25) is 0 Å². The van der Waals surface area contributed by atoms with Gasteiger partial charge in [0.25, 0.3) is 0 Å². The molecule has 2 rings (SSSR count). The monoisotopic (exact) mass is 270 g/mol. The van der Waals surface area contributed by atoms with Crippen LogP contribution in [0.15, 0.2) is 0 Å². The van der Waals surface area contributed by atoms with Gasteiger partial charge in [-0.05, 0) is 45.2 Å². The van der Waals surface area contributed by atoms with Crippen LogP contribution in [0.4, 0.5) is 0 Å². The van der Waals surface area contributed by atoms with Crippen molar-refractivity contribution in [1.29, 1.82) is 0 Å². The van der Waals surface area contributed by atoms with Crippen molar-refractivity contribution in [1.82, 2.24) is 9.80 Å². The number of piperidine rings is 2. The Labute approximate surface area is 117 Å². The standard InChI is InChI=1S/C15H30N2O2/c18-13-4-14-19-15-5-9-17(10-6-15)12-11-16-7-2-1-3-8-16/h15,18H,1-14H2.